The normalized spacial score (nSPS) is 50.6. The molecule has 5 fully saturated rings. The van der Waals surface area contributed by atoms with Crippen LogP contribution in [0.25, 0.3) is 0 Å². The highest BCUT2D eigenvalue weighted by atomic mass is 32.2. The first-order valence-corrected chi connectivity index (χ1v) is 19.5. The molecule has 0 bridgehead atoms. The summed E-state index contributed by atoms with van der Waals surface area (Å²) in [5, 5.41) is 53.9. The number of aliphatic hydroxyl groups is 3. The Balaban J connectivity index is 1.18. The number of aliphatic hydroxyl groups excluding tert-OH is 3. The number of hydrogen-bond donors (Lipinski definition) is 6. The van der Waals surface area contributed by atoms with Gasteiger partial charge >= 0.3 is 11.9 Å². The Hall–Kier alpha value is -1.50. The van der Waals surface area contributed by atoms with Gasteiger partial charge in [-0.05, 0) is 110 Å². The van der Waals surface area contributed by atoms with E-state index < -0.39 is 47.2 Å². The van der Waals surface area contributed by atoms with E-state index in [0.29, 0.717) is 31.1 Å². The average molecular weight is 706 g/mol. The third-order valence-corrected chi connectivity index (χ3v) is 16.9. The minimum absolute atomic E-state index is 0.0229. The Morgan fingerprint density at radius 1 is 0.898 bits per heavy atom. The summed E-state index contributed by atoms with van der Waals surface area (Å²) in [4.78, 5) is 38.6. The Bertz CT molecular complexity index is 1400. The summed E-state index contributed by atoms with van der Waals surface area (Å²) < 4.78 is 5.44. The zero-order valence-corrected chi connectivity index (χ0v) is 31.1. The molecular formula is C38H59NO9S. The number of allylic oxidation sites excluding steroid dienone is 2. The van der Waals surface area contributed by atoms with Crippen molar-refractivity contribution in [2.75, 3.05) is 12.3 Å². The zero-order chi connectivity index (χ0) is 36.1. The molecule has 4 saturated carbocycles. The van der Waals surface area contributed by atoms with Gasteiger partial charge in [0.25, 0.3) is 0 Å². The number of carboxylic acid groups (broad SMARTS) is 2. The second-order valence-corrected chi connectivity index (χ2v) is 19.7. The van der Waals surface area contributed by atoms with Crippen molar-refractivity contribution < 1.29 is 44.7 Å². The molecule has 1 aliphatic heterocycles. The summed E-state index contributed by atoms with van der Waals surface area (Å²) >= 11 is 1.22. The first-order valence-electron chi connectivity index (χ1n) is 18.4. The average Bonchev–Trinajstić information content (AvgIpc) is 3.01. The van der Waals surface area contributed by atoms with Gasteiger partial charge in [-0.3, -0.25) is 9.59 Å². The number of ether oxygens (including phenoxy) is 1. The molecule has 6 N–H and O–H groups in total. The lowest BCUT2D eigenvalue weighted by atomic mass is 9.33. The summed E-state index contributed by atoms with van der Waals surface area (Å²) in [5.74, 6) is -1.04. The predicted molar refractivity (Wildman–Crippen MR) is 186 cm³/mol. The molecule has 0 aromatic carbocycles. The number of carboxylic acids is 2. The van der Waals surface area contributed by atoms with Crippen LogP contribution < -0.4 is 5.32 Å². The molecule has 276 valence electrons. The maximum absolute atomic E-state index is 14.6. The van der Waals surface area contributed by atoms with E-state index in [-0.39, 0.29) is 50.7 Å². The van der Waals surface area contributed by atoms with Gasteiger partial charge in [-0.2, -0.15) is 0 Å². The molecule has 0 aromatic rings. The second kappa shape index (κ2) is 12.3. The highest BCUT2D eigenvalue weighted by molar-refractivity contribution is 7.99. The molecule has 11 heteroatoms. The van der Waals surface area contributed by atoms with Crippen LogP contribution in [0.4, 0.5) is 0 Å². The van der Waals surface area contributed by atoms with Crippen molar-refractivity contribution in [1.82, 2.24) is 5.32 Å². The third kappa shape index (κ3) is 5.49. The third-order valence-electron chi connectivity index (χ3n) is 15.7. The highest BCUT2D eigenvalue weighted by Gasteiger charge is 2.70. The fourth-order valence-electron chi connectivity index (χ4n) is 12.3. The molecule has 6 aliphatic rings. The molecule has 0 spiro atoms. The monoisotopic (exact) mass is 705 g/mol. The first kappa shape index (κ1) is 37.3. The van der Waals surface area contributed by atoms with Gasteiger partial charge in [0.15, 0.2) is 11.9 Å². The van der Waals surface area contributed by atoms with Crippen molar-refractivity contribution >= 4 is 29.5 Å². The topological polar surface area (TPSA) is 174 Å². The van der Waals surface area contributed by atoms with Crippen molar-refractivity contribution in [3.63, 3.8) is 0 Å². The van der Waals surface area contributed by atoms with Crippen LogP contribution in [0.5, 0.6) is 0 Å². The Morgan fingerprint density at radius 2 is 1.57 bits per heavy atom. The summed E-state index contributed by atoms with van der Waals surface area (Å²) in [6.07, 6.45) is 3.77. The maximum Gasteiger partial charge on any atom is 0.335 e. The first-order chi connectivity index (χ1) is 22.7. The van der Waals surface area contributed by atoms with Gasteiger partial charge in [0.1, 0.15) is 23.7 Å². The van der Waals surface area contributed by atoms with Crippen molar-refractivity contribution in [3.8, 4) is 0 Å². The quantitative estimate of drug-likeness (QED) is 0.204. The van der Waals surface area contributed by atoms with E-state index >= 15 is 0 Å². The lowest BCUT2D eigenvalue weighted by Gasteiger charge is -2.70. The lowest BCUT2D eigenvalue weighted by molar-refractivity contribution is -0.209. The molecular weight excluding hydrogens is 646 g/mol. The number of ketones is 1. The fourth-order valence-corrected chi connectivity index (χ4v) is 13.4. The molecule has 49 heavy (non-hydrogen) atoms. The van der Waals surface area contributed by atoms with E-state index in [9.17, 15) is 39.9 Å². The van der Waals surface area contributed by atoms with Crippen LogP contribution in [0.2, 0.25) is 0 Å². The van der Waals surface area contributed by atoms with Gasteiger partial charge in [-0.1, -0.05) is 47.1 Å². The van der Waals surface area contributed by atoms with Crippen molar-refractivity contribution in [3.05, 3.63) is 11.6 Å². The summed E-state index contributed by atoms with van der Waals surface area (Å²) in [6.45, 7) is 16.6. The van der Waals surface area contributed by atoms with Gasteiger partial charge in [0.05, 0.1) is 5.41 Å². The van der Waals surface area contributed by atoms with Crippen LogP contribution >= 0.6 is 11.8 Å². The molecule has 6 rings (SSSR count). The van der Waals surface area contributed by atoms with Crippen LogP contribution in [0.15, 0.2) is 11.6 Å². The minimum Gasteiger partial charge on any atom is -0.481 e. The number of carbonyl (C=O) groups is 3. The number of fused-ring (bicyclic) bond motifs is 7. The molecule has 10 nitrogen and oxygen atoms in total. The predicted octanol–water partition coefficient (Wildman–Crippen LogP) is 4.64. The van der Waals surface area contributed by atoms with Gasteiger partial charge in [-0.25, -0.2) is 4.79 Å². The summed E-state index contributed by atoms with van der Waals surface area (Å²) in [7, 11) is 0. The zero-order valence-electron chi connectivity index (χ0n) is 30.3. The van der Waals surface area contributed by atoms with Crippen LogP contribution in [0.3, 0.4) is 0 Å². The minimum atomic E-state index is -1.70. The van der Waals surface area contributed by atoms with E-state index in [2.05, 4.69) is 46.9 Å². The largest absolute Gasteiger partial charge is 0.481 e. The smallest absolute Gasteiger partial charge is 0.335 e. The molecule has 0 aromatic heterocycles. The Kier molecular flexibility index (Phi) is 9.35. The molecule has 1 saturated heterocycles. The number of carbonyl (C=O) groups excluding carboxylic acids is 1. The van der Waals surface area contributed by atoms with E-state index in [4.69, 9.17) is 4.74 Å². The molecule has 1 heterocycles. The maximum atomic E-state index is 14.6. The number of aliphatic carboxylic acids is 2. The van der Waals surface area contributed by atoms with E-state index in [1.807, 2.05) is 13.0 Å². The Morgan fingerprint density at radius 3 is 2.22 bits per heavy atom. The van der Waals surface area contributed by atoms with Gasteiger partial charge in [0.2, 0.25) is 0 Å². The van der Waals surface area contributed by atoms with Crippen molar-refractivity contribution in [1.29, 1.82) is 0 Å². The van der Waals surface area contributed by atoms with Crippen LogP contribution in [-0.2, 0) is 19.1 Å². The van der Waals surface area contributed by atoms with E-state index in [0.717, 1.165) is 44.9 Å². The van der Waals surface area contributed by atoms with Crippen LogP contribution in [0, 0.1) is 50.2 Å². The summed E-state index contributed by atoms with van der Waals surface area (Å²) in [6, 6.07) is 0.193. The number of rotatable bonds is 7. The van der Waals surface area contributed by atoms with E-state index in [1.165, 1.54) is 17.3 Å². The standard InChI is InChI=1S/C38H59NO9S/c1-33(2)23-8-11-38(7)29(22(40)18-20-21-19-35(4,32(46)47)13-12-34(21,3)14-15-37(20,38)6)36(23,5)10-9-24(33)39-16-17-49-31-27(43)25(41)26(42)28(48-31)30(44)45/h18,21,23-29,31,39,41-43H,8-17,19H2,1-7H3,(H,44,45)(H,46,47)/t21-,23-,24-,25-,26-,27+,28-,29+,31-,34+,35-,36-,37+,38+/m0/s1. The van der Waals surface area contributed by atoms with Crippen LogP contribution in [-0.4, -0.2) is 91.4 Å². The summed E-state index contributed by atoms with van der Waals surface area (Å²) in [5.41, 5.74) is -1.15. The molecule has 5 aliphatic carbocycles. The van der Waals surface area contributed by atoms with Crippen LogP contribution in [0.1, 0.15) is 106 Å². The number of thioether (sulfide) groups is 1. The molecule has 14 atom stereocenters. The van der Waals surface area contributed by atoms with E-state index in [1.54, 1.807) is 0 Å². The van der Waals surface area contributed by atoms with Gasteiger partial charge in [0, 0.05) is 24.3 Å². The van der Waals surface area contributed by atoms with Crippen molar-refractivity contribution in [2.45, 2.75) is 142 Å². The Labute approximate surface area is 295 Å². The van der Waals surface area contributed by atoms with Gasteiger partial charge < -0.3 is 35.6 Å². The highest BCUT2D eigenvalue weighted by Crippen LogP contribution is 2.75. The fraction of sp³-hybridized carbons (Fsp3) is 0.868. The molecule has 0 radical (unpaired) electrons. The van der Waals surface area contributed by atoms with Crippen molar-refractivity contribution in [2.24, 2.45) is 50.2 Å². The SMILES string of the molecule is CC1(C)[C@@H](NCCS[C@@H]2O[C@H](C(=O)O)[C@@H](O)[C@H](O)[C@H]2O)CC[C@]2(C)[C@H]3C(=O)C=C4[C@@H]5C[C@@](C)(C(=O)O)CC[C@]5(C)CC[C@@]4(C)[C@]3(C)CC[C@@H]12. The lowest BCUT2D eigenvalue weighted by Crippen LogP contribution is -2.67. The van der Waals surface area contributed by atoms with Gasteiger partial charge in [-0.15, -0.1) is 11.8 Å². The number of nitrogens with one attached hydrogen (secondary N) is 1. The number of hydrogen-bond acceptors (Lipinski definition) is 9. The molecule has 0 unspecified atom stereocenters. The molecule has 0 amide bonds. The second-order valence-electron chi connectivity index (χ2n) is 18.5.